The van der Waals surface area contributed by atoms with E-state index in [1.807, 2.05) is 25.1 Å². The summed E-state index contributed by atoms with van der Waals surface area (Å²) in [5, 5.41) is 8.78. The van der Waals surface area contributed by atoms with E-state index in [1.165, 1.54) is 0 Å². The molecule has 0 amide bonds. The van der Waals surface area contributed by atoms with E-state index in [-0.39, 0.29) is 6.04 Å². The molecule has 2 atom stereocenters. The Balaban J connectivity index is 4.38. The summed E-state index contributed by atoms with van der Waals surface area (Å²) in [4.78, 5) is 12.7. The average Bonchev–Trinajstić information content (AvgIpc) is 2.15. The van der Waals surface area contributed by atoms with E-state index >= 15 is 0 Å². The molecule has 3 nitrogen and oxygen atoms in total. The Morgan fingerprint density at radius 2 is 2.07 bits per heavy atom. The first-order chi connectivity index (χ1) is 6.88. The van der Waals surface area contributed by atoms with E-state index in [1.54, 1.807) is 6.92 Å². The highest BCUT2D eigenvalue weighted by molar-refractivity contribution is 5.85. The van der Waals surface area contributed by atoms with Gasteiger partial charge in [-0.3, -0.25) is 0 Å². The summed E-state index contributed by atoms with van der Waals surface area (Å²) in [5.74, 6) is -0.537. The second-order valence-corrected chi connectivity index (χ2v) is 4.18. The van der Waals surface area contributed by atoms with Gasteiger partial charge in [-0.1, -0.05) is 13.0 Å². The Kier molecular flexibility index (Phi) is 6.25. The second-order valence-electron chi connectivity index (χ2n) is 4.18. The first kappa shape index (κ1) is 14.2. The summed E-state index contributed by atoms with van der Waals surface area (Å²) < 4.78 is 0. The number of carboxylic acids is 1. The molecule has 0 bridgehead atoms. The zero-order valence-electron chi connectivity index (χ0n) is 10.2. The molecule has 1 radical (unpaired) electrons. The molecule has 1 N–H and O–H groups in total. The van der Waals surface area contributed by atoms with Crippen LogP contribution < -0.4 is 0 Å². The number of hydrogen-bond acceptors (Lipinski definition) is 2. The lowest BCUT2D eigenvalue weighted by molar-refractivity contribution is -0.132. The molecule has 0 aromatic rings. The van der Waals surface area contributed by atoms with E-state index < -0.39 is 5.97 Å². The molecule has 0 rings (SSSR count). The van der Waals surface area contributed by atoms with Gasteiger partial charge in [0.05, 0.1) is 0 Å². The minimum Gasteiger partial charge on any atom is -0.478 e. The van der Waals surface area contributed by atoms with Gasteiger partial charge < -0.3 is 10.0 Å². The molecule has 0 aliphatic rings. The second kappa shape index (κ2) is 6.62. The predicted octanol–water partition coefficient (Wildman–Crippen LogP) is 2.20. The van der Waals surface area contributed by atoms with Gasteiger partial charge in [-0.25, -0.2) is 4.79 Å². The lowest BCUT2D eigenvalue weighted by atomic mass is 9.95. The first-order valence-electron chi connectivity index (χ1n) is 5.29. The van der Waals surface area contributed by atoms with E-state index in [2.05, 4.69) is 13.8 Å². The maximum Gasteiger partial charge on any atom is 0.330 e. The van der Waals surface area contributed by atoms with Crippen LogP contribution in [0.4, 0.5) is 0 Å². The molecule has 0 aromatic heterocycles. The van der Waals surface area contributed by atoms with Crippen molar-refractivity contribution in [3.8, 4) is 0 Å². The van der Waals surface area contributed by atoms with Gasteiger partial charge in [-0.05, 0) is 46.7 Å². The molecule has 0 saturated heterocycles. The van der Waals surface area contributed by atoms with Gasteiger partial charge >= 0.3 is 5.97 Å². The number of hydrogen-bond donors (Lipinski definition) is 1. The number of carbonyl (C=O) groups is 1. The molecular weight excluding hydrogens is 190 g/mol. The Hall–Kier alpha value is -0.830. The Labute approximate surface area is 92.8 Å². The molecule has 3 heteroatoms. The summed E-state index contributed by atoms with van der Waals surface area (Å²) in [7, 11) is 3.97. The zero-order chi connectivity index (χ0) is 12.0. The van der Waals surface area contributed by atoms with Crippen molar-refractivity contribution in [1.29, 1.82) is 0 Å². The highest BCUT2D eigenvalue weighted by Gasteiger charge is 2.12. The van der Waals surface area contributed by atoms with Crippen molar-refractivity contribution >= 4 is 5.97 Å². The number of aliphatic carboxylic acids is 1. The fraction of sp³-hybridized carbons (Fsp3) is 0.667. The van der Waals surface area contributed by atoms with Crippen LogP contribution in [0.5, 0.6) is 0 Å². The van der Waals surface area contributed by atoms with Gasteiger partial charge in [0.15, 0.2) is 0 Å². The van der Waals surface area contributed by atoms with Crippen LogP contribution in [0.2, 0.25) is 0 Å². The van der Waals surface area contributed by atoms with Crippen LogP contribution in [-0.2, 0) is 4.79 Å². The molecule has 0 aliphatic heterocycles. The van der Waals surface area contributed by atoms with Gasteiger partial charge in [-0.2, -0.15) is 0 Å². The van der Waals surface area contributed by atoms with Crippen molar-refractivity contribution < 1.29 is 9.90 Å². The largest absolute Gasteiger partial charge is 0.478 e. The highest BCUT2D eigenvalue weighted by atomic mass is 16.4. The fourth-order valence-corrected chi connectivity index (χ4v) is 1.34. The Morgan fingerprint density at radius 1 is 1.53 bits per heavy atom. The van der Waals surface area contributed by atoms with Gasteiger partial charge in [0.25, 0.3) is 0 Å². The predicted molar refractivity (Wildman–Crippen MR) is 62.6 cm³/mol. The van der Waals surface area contributed by atoms with E-state index in [0.29, 0.717) is 11.5 Å². The molecule has 0 aliphatic carbocycles. The molecule has 0 fully saturated rings. The normalized spacial score (nSPS) is 16.5. The standard InChI is InChI=1S/C12H22NO2/c1-6-11(7-9(2)12(14)15)8-10(3)13(4)5/h7,10-11H,3,6,8H2,1-2,4-5H3,(H,14,15). The Bertz CT molecular complexity index is 234. The van der Waals surface area contributed by atoms with Gasteiger partial charge in [0.1, 0.15) is 0 Å². The summed E-state index contributed by atoms with van der Waals surface area (Å²) in [6.45, 7) is 7.73. The van der Waals surface area contributed by atoms with E-state index in [9.17, 15) is 4.79 Å². The number of rotatable bonds is 6. The van der Waals surface area contributed by atoms with Crippen molar-refractivity contribution in [2.45, 2.75) is 32.7 Å². The minimum atomic E-state index is -0.834. The van der Waals surface area contributed by atoms with E-state index in [4.69, 9.17) is 5.11 Å². The monoisotopic (exact) mass is 212 g/mol. The van der Waals surface area contributed by atoms with E-state index in [0.717, 1.165) is 12.8 Å². The third kappa shape index (κ3) is 5.57. The van der Waals surface area contributed by atoms with Crippen LogP contribution in [0.15, 0.2) is 11.6 Å². The molecule has 2 unspecified atom stereocenters. The molecule has 87 valence electrons. The zero-order valence-corrected chi connectivity index (χ0v) is 10.2. The van der Waals surface area contributed by atoms with Crippen LogP contribution in [0.3, 0.4) is 0 Å². The summed E-state index contributed by atoms with van der Waals surface area (Å²) in [6, 6.07) is 0.229. The van der Waals surface area contributed by atoms with Crippen LogP contribution in [0.1, 0.15) is 26.7 Å². The van der Waals surface area contributed by atoms with Crippen molar-refractivity contribution in [3.63, 3.8) is 0 Å². The average molecular weight is 212 g/mol. The SMILES string of the molecule is [CH2]C(CC(C=C(C)C(=O)O)CC)N(C)C. The van der Waals surface area contributed by atoms with Gasteiger partial charge in [-0.15, -0.1) is 0 Å². The highest BCUT2D eigenvalue weighted by Crippen LogP contribution is 2.16. The fourth-order valence-electron chi connectivity index (χ4n) is 1.34. The van der Waals surface area contributed by atoms with Crippen LogP contribution in [0, 0.1) is 12.8 Å². The van der Waals surface area contributed by atoms with Crippen LogP contribution in [0.25, 0.3) is 0 Å². The molecule has 0 aromatic carbocycles. The first-order valence-corrected chi connectivity index (χ1v) is 5.29. The Morgan fingerprint density at radius 3 is 2.40 bits per heavy atom. The molecule has 0 saturated carbocycles. The molecule has 0 heterocycles. The topological polar surface area (TPSA) is 40.5 Å². The quantitative estimate of drug-likeness (QED) is 0.686. The van der Waals surface area contributed by atoms with Crippen LogP contribution >= 0.6 is 0 Å². The number of nitrogens with zero attached hydrogens (tertiary/aromatic N) is 1. The summed E-state index contributed by atoms with van der Waals surface area (Å²) in [6.07, 6.45) is 3.68. The molecule has 0 spiro atoms. The number of carboxylic acid groups (broad SMARTS) is 1. The maximum atomic E-state index is 10.7. The van der Waals surface area contributed by atoms with Crippen molar-refractivity contribution in [2.75, 3.05) is 14.1 Å². The van der Waals surface area contributed by atoms with Crippen LogP contribution in [-0.4, -0.2) is 36.1 Å². The number of allylic oxidation sites excluding steroid dienone is 1. The minimum absolute atomic E-state index is 0.229. The molecule has 15 heavy (non-hydrogen) atoms. The summed E-state index contributed by atoms with van der Waals surface area (Å²) in [5.41, 5.74) is 0.424. The van der Waals surface area contributed by atoms with Gasteiger partial charge in [0.2, 0.25) is 0 Å². The molecular formula is C12H22NO2. The van der Waals surface area contributed by atoms with Crippen molar-refractivity contribution in [3.05, 3.63) is 18.6 Å². The smallest absolute Gasteiger partial charge is 0.330 e. The summed E-state index contributed by atoms with van der Waals surface area (Å²) >= 11 is 0. The third-order valence-electron chi connectivity index (χ3n) is 2.65. The van der Waals surface area contributed by atoms with Gasteiger partial charge in [0, 0.05) is 11.6 Å². The third-order valence-corrected chi connectivity index (χ3v) is 2.65. The lowest BCUT2D eigenvalue weighted by Gasteiger charge is -2.23. The lowest BCUT2D eigenvalue weighted by Crippen LogP contribution is -2.27. The van der Waals surface area contributed by atoms with Crippen molar-refractivity contribution in [2.24, 2.45) is 5.92 Å². The maximum absolute atomic E-state index is 10.7. The van der Waals surface area contributed by atoms with Crippen molar-refractivity contribution in [1.82, 2.24) is 4.90 Å².